The van der Waals surface area contributed by atoms with Gasteiger partial charge >= 0.3 is 6.18 Å². The first-order valence-corrected chi connectivity index (χ1v) is 10.4. The lowest BCUT2D eigenvalue weighted by molar-refractivity contribution is -0.137. The topological polar surface area (TPSA) is 92.6 Å². The molecule has 0 atom stereocenters. The minimum atomic E-state index is -4.72. The molecule has 1 fully saturated rings. The molecule has 1 aromatic carbocycles. The average Bonchev–Trinajstić information content (AvgIpc) is 2.69. The van der Waals surface area contributed by atoms with Crippen molar-refractivity contribution in [1.29, 1.82) is 0 Å². The van der Waals surface area contributed by atoms with Gasteiger partial charge in [0, 0.05) is 39.3 Å². The van der Waals surface area contributed by atoms with Crippen molar-refractivity contribution in [2.45, 2.75) is 11.1 Å². The van der Waals surface area contributed by atoms with E-state index in [4.69, 9.17) is 11.6 Å². The Morgan fingerprint density at radius 2 is 1.73 bits per heavy atom. The predicted octanol–water partition coefficient (Wildman–Crippen LogP) is 1.60. The normalized spacial score (nSPS) is 16.0. The molecule has 0 aliphatic carbocycles. The van der Waals surface area contributed by atoms with Crippen molar-refractivity contribution in [2.75, 3.05) is 26.2 Å². The maximum Gasteiger partial charge on any atom is 0.416 e. The van der Waals surface area contributed by atoms with Gasteiger partial charge in [0.1, 0.15) is 10.6 Å². The number of alkyl halides is 3. The summed E-state index contributed by atoms with van der Waals surface area (Å²) in [5.41, 5.74) is -1.49. The van der Waals surface area contributed by atoms with Crippen LogP contribution in [0.4, 0.5) is 13.2 Å². The predicted molar refractivity (Wildman–Crippen MR) is 101 cm³/mol. The van der Waals surface area contributed by atoms with Crippen molar-refractivity contribution in [3.63, 3.8) is 0 Å². The summed E-state index contributed by atoms with van der Waals surface area (Å²) in [5.74, 6) is -0.486. The van der Waals surface area contributed by atoms with Crippen LogP contribution in [-0.4, -0.2) is 59.5 Å². The van der Waals surface area contributed by atoms with Crippen LogP contribution >= 0.6 is 11.6 Å². The van der Waals surface area contributed by atoms with E-state index in [1.165, 1.54) is 24.1 Å². The molecule has 0 unspecified atom stereocenters. The fourth-order valence-corrected chi connectivity index (χ4v) is 4.85. The van der Waals surface area contributed by atoms with Crippen molar-refractivity contribution in [1.82, 2.24) is 19.0 Å². The van der Waals surface area contributed by atoms with Gasteiger partial charge in [0.2, 0.25) is 10.0 Å². The number of aryl methyl sites for hydroxylation is 1. The number of hydrogen-bond donors (Lipinski definition) is 0. The summed E-state index contributed by atoms with van der Waals surface area (Å²) in [6.07, 6.45) is -4.72. The smallest absolute Gasteiger partial charge is 0.335 e. The molecule has 1 aromatic heterocycles. The Morgan fingerprint density at radius 1 is 1.10 bits per heavy atom. The highest BCUT2D eigenvalue weighted by Crippen LogP contribution is 2.34. The van der Waals surface area contributed by atoms with Crippen LogP contribution in [0.3, 0.4) is 0 Å². The Hall–Kier alpha value is -2.44. The van der Waals surface area contributed by atoms with Gasteiger partial charge in [0.05, 0.1) is 10.6 Å². The first kappa shape index (κ1) is 22.2. The molecule has 1 amide bonds. The second kappa shape index (κ2) is 8.00. The highest BCUT2D eigenvalue weighted by molar-refractivity contribution is 7.89. The molecule has 162 valence electrons. The van der Waals surface area contributed by atoms with E-state index in [2.05, 4.69) is 5.10 Å². The van der Waals surface area contributed by atoms with E-state index in [9.17, 15) is 31.2 Å². The van der Waals surface area contributed by atoms with E-state index in [1.807, 2.05) is 0 Å². The van der Waals surface area contributed by atoms with E-state index in [0.717, 1.165) is 15.1 Å². The fourth-order valence-electron chi connectivity index (χ4n) is 2.93. The van der Waals surface area contributed by atoms with Gasteiger partial charge in [-0.15, -0.1) is 0 Å². The number of nitrogens with zero attached hydrogens (tertiary/aromatic N) is 4. The van der Waals surface area contributed by atoms with Crippen LogP contribution in [0.5, 0.6) is 0 Å². The molecule has 0 radical (unpaired) electrons. The first-order valence-electron chi connectivity index (χ1n) is 8.62. The van der Waals surface area contributed by atoms with Crippen LogP contribution < -0.4 is 5.56 Å². The SMILES string of the molecule is Cn1nc(C(=O)N2CCN(S(=O)(=O)c3cc(C(F)(F)F)ccc3Cl)CC2)ccc1=O. The van der Waals surface area contributed by atoms with Crippen molar-refractivity contribution >= 4 is 27.5 Å². The summed E-state index contributed by atoms with van der Waals surface area (Å²) < 4.78 is 66.5. The second-order valence-corrected chi connectivity index (χ2v) is 8.83. The van der Waals surface area contributed by atoms with Crippen LogP contribution in [0, 0.1) is 0 Å². The van der Waals surface area contributed by atoms with Crippen LogP contribution in [-0.2, 0) is 23.2 Å². The van der Waals surface area contributed by atoms with E-state index >= 15 is 0 Å². The Bertz CT molecular complexity index is 1140. The van der Waals surface area contributed by atoms with Gasteiger partial charge in [0.25, 0.3) is 11.5 Å². The number of hydrogen-bond acceptors (Lipinski definition) is 5. The van der Waals surface area contributed by atoms with Crippen molar-refractivity contribution in [3.8, 4) is 0 Å². The number of sulfonamides is 1. The summed E-state index contributed by atoms with van der Waals surface area (Å²) in [6, 6.07) is 4.57. The molecule has 2 aromatic rings. The van der Waals surface area contributed by atoms with Gasteiger partial charge in [-0.05, 0) is 24.3 Å². The Kier molecular flexibility index (Phi) is 5.94. The van der Waals surface area contributed by atoms with Crippen molar-refractivity contribution < 1.29 is 26.4 Å². The van der Waals surface area contributed by atoms with Crippen LogP contribution in [0.2, 0.25) is 5.02 Å². The summed E-state index contributed by atoms with van der Waals surface area (Å²) in [4.78, 5) is 24.6. The minimum absolute atomic E-state index is 0.000829. The fraction of sp³-hybridized carbons (Fsp3) is 0.353. The third-order valence-electron chi connectivity index (χ3n) is 4.58. The lowest BCUT2D eigenvalue weighted by atomic mass is 10.2. The monoisotopic (exact) mass is 464 g/mol. The molecule has 1 aliphatic rings. The van der Waals surface area contributed by atoms with Crippen LogP contribution in [0.1, 0.15) is 16.1 Å². The molecule has 30 heavy (non-hydrogen) atoms. The largest absolute Gasteiger partial charge is 0.416 e. The van der Waals surface area contributed by atoms with E-state index in [-0.39, 0.29) is 42.5 Å². The number of amides is 1. The third-order valence-corrected chi connectivity index (χ3v) is 6.96. The number of piperazine rings is 1. The van der Waals surface area contributed by atoms with E-state index in [0.29, 0.717) is 12.1 Å². The van der Waals surface area contributed by atoms with Crippen LogP contribution in [0.15, 0.2) is 40.0 Å². The lowest BCUT2D eigenvalue weighted by Crippen LogP contribution is -2.50. The van der Waals surface area contributed by atoms with Crippen molar-refractivity contribution in [3.05, 3.63) is 57.0 Å². The quantitative estimate of drug-likeness (QED) is 0.688. The second-order valence-electron chi connectivity index (χ2n) is 6.52. The lowest BCUT2D eigenvalue weighted by Gasteiger charge is -2.34. The van der Waals surface area contributed by atoms with E-state index < -0.39 is 32.6 Å². The maximum absolute atomic E-state index is 13.0. The third kappa shape index (κ3) is 4.35. The molecule has 0 saturated carbocycles. The van der Waals surface area contributed by atoms with Gasteiger partial charge in [-0.1, -0.05) is 11.6 Å². The number of halogens is 4. The molecule has 8 nitrogen and oxygen atoms in total. The number of carbonyl (C=O) groups is 1. The zero-order valence-corrected chi connectivity index (χ0v) is 17.1. The first-order chi connectivity index (χ1) is 13.9. The molecule has 1 saturated heterocycles. The molecular formula is C17H16ClF3N4O4S. The summed E-state index contributed by atoms with van der Waals surface area (Å²) in [6.45, 7) is -0.267. The molecule has 2 heterocycles. The Labute approximate surface area is 174 Å². The van der Waals surface area contributed by atoms with Crippen molar-refractivity contribution in [2.24, 2.45) is 7.05 Å². The highest BCUT2D eigenvalue weighted by Gasteiger charge is 2.36. The molecular weight excluding hydrogens is 449 g/mol. The molecule has 1 aliphatic heterocycles. The molecule has 3 rings (SSSR count). The zero-order chi connectivity index (χ0) is 22.3. The molecule has 13 heteroatoms. The van der Waals surface area contributed by atoms with Crippen LogP contribution in [0.25, 0.3) is 0 Å². The number of benzene rings is 1. The van der Waals surface area contributed by atoms with Gasteiger partial charge in [-0.2, -0.15) is 22.6 Å². The Balaban J connectivity index is 1.78. The number of carbonyl (C=O) groups excluding carboxylic acids is 1. The Morgan fingerprint density at radius 3 is 2.30 bits per heavy atom. The zero-order valence-electron chi connectivity index (χ0n) is 15.6. The van der Waals surface area contributed by atoms with Gasteiger partial charge in [-0.25, -0.2) is 13.1 Å². The number of aromatic nitrogens is 2. The van der Waals surface area contributed by atoms with E-state index in [1.54, 1.807) is 0 Å². The molecule has 0 N–H and O–H groups in total. The standard InChI is InChI=1S/C17H16ClF3N4O4S/c1-23-15(26)5-4-13(22-23)16(27)24-6-8-25(9-7-24)30(28,29)14-10-11(17(19,20)21)2-3-12(14)18/h2-5,10H,6-9H2,1H3. The maximum atomic E-state index is 13.0. The van der Waals surface area contributed by atoms with Gasteiger partial charge in [0.15, 0.2) is 0 Å². The summed E-state index contributed by atoms with van der Waals surface area (Å²) >= 11 is 5.86. The molecule has 0 bridgehead atoms. The average molecular weight is 465 g/mol. The summed E-state index contributed by atoms with van der Waals surface area (Å²) in [7, 11) is -2.91. The van der Waals surface area contributed by atoms with Gasteiger partial charge < -0.3 is 4.90 Å². The highest BCUT2D eigenvalue weighted by atomic mass is 35.5. The molecule has 0 spiro atoms. The van der Waals surface area contributed by atoms with Gasteiger partial charge in [-0.3, -0.25) is 9.59 Å². The minimum Gasteiger partial charge on any atom is -0.335 e. The summed E-state index contributed by atoms with van der Waals surface area (Å²) in [5, 5.41) is 3.54. The number of rotatable bonds is 3.